The lowest BCUT2D eigenvalue weighted by atomic mass is 9.94. The summed E-state index contributed by atoms with van der Waals surface area (Å²) in [5.41, 5.74) is 13.1. The fourth-order valence-corrected chi connectivity index (χ4v) is 3.20. The smallest absolute Gasteiger partial charge is 0.132 e. The van der Waals surface area contributed by atoms with Crippen molar-refractivity contribution >= 4 is 15.9 Å². The summed E-state index contributed by atoms with van der Waals surface area (Å²) in [7, 11) is 0. The second-order valence-corrected chi connectivity index (χ2v) is 6.22. The molecule has 0 bridgehead atoms. The summed E-state index contributed by atoms with van der Waals surface area (Å²) >= 11 is 3.58. The molecule has 4 nitrogen and oxygen atoms in total. The quantitative estimate of drug-likeness (QED) is 0.715. The van der Waals surface area contributed by atoms with Crippen LogP contribution in [0.1, 0.15) is 28.1 Å². The molecule has 0 aliphatic carbocycles. The minimum absolute atomic E-state index is 0.553. The van der Waals surface area contributed by atoms with Crippen molar-refractivity contribution in [2.45, 2.75) is 27.3 Å². The maximum absolute atomic E-state index is 9.29. The second kappa shape index (κ2) is 7.10. The molecule has 0 saturated carbocycles. The van der Waals surface area contributed by atoms with Gasteiger partial charge in [0.1, 0.15) is 11.8 Å². The molecule has 1 aromatic carbocycles. The number of aromatic nitrogens is 1. The van der Waals surface area contributed by atoms with Crippen molar-refractivity contribution in [3.63, 3.8) is 0 Å². The number of hydrogen-bond acceptors (Lipinski definition) is 3. The molecule has 0 amide bonds. The summed E-state index contributed by atoms with van der Waals surface area (Å²) in [5.74, 6) is 0. The summed E-state index contributed by atoms with van der Waals surface area (Å²) < 4.78 is 0.825. The van der Waals surface area contributed by atoms with E-state index in [4.69, 9.17) is 5.73 Å². The molecule has 0 unspecified atom stereocenters. The summed E-state index contributed by atoms with van der Waals surface area (Å²) in [6.07, 6.45) is 0. The predicted octanol–water partition coefficient (Wildman–Crippen LogP) is 3.29. The van der Waals surface area contributed by atoms with E-state index in [0.717, 1.165) is 27.8 Å². The SMILES string of the molecule is Cc1ccc(-c2c(CNCCN)[nH]c(C#N)c2Br)c(C)c1C. The average molecular weight is 361 g/mol. The highest BCUT2D eigenvalue weighted by Crippen LogP contribution is 2.37. The third-order valence-corrected chi connectivity index (χ3v) is 4.87. The van der Waals surface area contributed by atoms with Gasteiger partial charge in [0.15, 0.2) is 0 Å². The number of nitrogens with two attached hydrogens (primary N) is 1. The topological polar surface area (TPSA) is 77.6 Å². The number of rotatable bonds is 5. The molecule has 0 fully saturated rings. The van der Waals surface area contributed by atoms with Crippen molar-refractivity contribution in [3.8, 4) is 17.2 Å². The van der Waals surface area contributed by atoms with Crippen molar-refractivity contribution in [2.24, 2.45) is 5.73 Å². The molecule has 5 heteroatoms. The van der Waals surface area contributed by atoms with Gasteiger partial charge in [-0.2, -0.15) is 5.26 Å². The Morgan fingerprint density at radius 2 is 2.00 bits per heavy atom. The number of aryl methyl sites for hydroxylation is 1. The van der Waals surface area contributed by atoms with Crippen LogP contribution in [0.15, 0.2) is 16.6 Å². The molecule has 4 N–H and O–H groups in total. The van der Waals surface area contributed by atoms with Crippen LogP contribution >= 0.6 is 15.9 Å². The first-order chi connectivity index (χ1) is 10.5. The third-order valence-electron chi connectivity index (χ3n) is 4.08. The first kappa shape index (κ1) is 16.8. The summed E-state index contributed by atoms with van der Waals surface area (Å²) in [6.45, 7) is 8.35. The zero-order valence-corrected chi connectivity index (χ0v) is 14.8. The normalized spacial score (nSPS) is 10.7. The number of nitrogens with zero attached hydrogens (tertiary/aromatic N) is 1. The first-order valence-corrected chi connectivity index (χ1v) is 8.09. The van der Waals surface area contributed by atoms with Gasteiger partial charge in [0, 0.05) is 30.9 Å². The van der Waals surface area contributed by atoms with E-state index in [9.17, 15) is 5.26 Å². The van der Waals surface area contributed by atoms with Crippen molar-refractivity contribution in [2.75, 3.05) is 13.1 Å². The van der Waals surface area contributed by atoms with Crippen LogP contribution in [0.5, 0.6) is 0 Å². The number of nitrogens with one attached hydrogen (secondary N) is 2. The van der Waals surface area contributed by atoms with Gasteiger partial charge in [-0.05, 0) is 59.0 Å². The van der Waals surface area contributed by atoms with Crippen LogP contribution in [0, 0.1) is 32.1 Å². The Labute approximate surface area is 139 Å². The van der Waals surface area contributed by atoms with E-state index < -0.39 is 0 Å². The Hall–Kier alpha value is -1.61. The van der Waals surface area contributed by atoms with Crippen molar-refractivity contribution < 1.29 is 0 Å². The maximum atomic E-state index is 9.29. The molecule has 2 rings (SSSR count). The van der Waals surface area contributed by atoms with Crippen molar-refractivity contribution in [1.29, 1.82) is 5.26 Å². The van der Waals surface area contributed by atoms with Gasteiger partial charge in [-0.1, -0.05) is 12.1 Å². The number of nitriles is 1. The molecular formula is C17H21BrN4. The highest BCUT2D eigenvalue weighted by molar-refractivity contribution is 9.10. The fraction of sp³-hybridized carbons (Fsp3) is 0.353. The van der Waals surface area contributed by atoms with E-state index in [2.05, 4.69) is 65.2 Å². The van der Waals surface area contributed by atoms with Gasteiger partial charge < -0.3 is 16.0 Å². The Kier molecular flexibility index (Phi) is 5.41. The summed E-state index contributed by atoms with van der Waals surface area (Å²) in [5, 5.41) is 12.6. The zero-order chi connectivity index (χ0) is 16.3. The minimum atomic E-state index is 0.553. The largest absolute Gasteiger partial charge is 0.348 e. The van der Waals surface area contributed by atoms with E-state index in [1.807, 2.05) is 0 Å². The lowest BCUT2D eigenvalue weighted by molar-refractivity contribution is 0.685. The van der Waals surface area contributed by atoms with Crippen molar-refractivity contribution in [3.05, 3.63) is 44.7 Å². The number of halogens is 1. The standard InChI is InChI=1S/C17H21BrN4/c1-10-4-5-13(12(3)11(10)2)16-15(9-21-7-6-19)22-14(8-20)17(16)18/h4-5,21-22H,6-7,9,19H2,1-3H3. The van der Waals surface area contributed by atoms with Crippen LogP contribution in [0.3, 0.4) is 0 Å². The van der Waals surface area contributed by atoms with E-state index in [1.165, 1.54) is 16.7 Å². The lowest BCUT2D eigenvalue weighted by Crippen LogP contribution is -2.22. The highest BCUT2D eigenvalue weighted by Gasteiger charge is 2.19. The van der Waals surface area contributed by atoms with Crippen LogP contribution in [0.4, 0.5) is 0 Å². The third kappa shape index (κ3) is 3.09. The maximum Gasteiger partial charge on any atom is 0.132 e. The molecule has 1 heterocycles. The number of hydrogen-bond donors (Lipinski definition) is 3. The van der Waals surface area contributed by atoms with Crippen LogP contribution in [0.2, 0.25) is 0 Å². The molecule has 0 aliphatic rings. The molecule has 0 atom stereocenters. The Bertz CT molecular complexity index is 725. The zero-order valence-electron chi connectivity index (χ0n) is 13.2. The van der Waals surface area contributed by atoms with E-state index >= 15 is 0 Å². The summed E-state index contributed by atoms with van der Waals surface area (Å²) in [6, 6.07) is 6.46. The van der Waals surface area contributed by atoms with Gasteiger partial charge in [0.05, 0.1) is 4.47 Å². The molecule has 0 saturated heterocycles. The Morgan fingerprint density at radius 1 is 1.27 bits per heavy atom. The van der Waals surface area contributed by atoms with Crippen LogP contribution in [0.25, 0.3) is 11.1 Å². The van der Waals surface area contributed by atoms with Gasteiger partial charge in [0.2, 0.25) is 0 Å². The number of aromatic amines is 1. The molecule has 116 valence electrons. The Balaban J connectivity index is 2.56. The highest BCUT2D eigenvalue weighted by atomic mass is 79.9. The van der Waals surface area contributed by atoms with E-state index in [1.54, 1.807) is 0 Å². The molecule has 0 spiro atoms. The molecule has 0 radical (unpaired) electrons. The van der Waals surface area contributed by atoms with Gasteiger partial charge in [-0.25, -0.2) is 0 Å². The van der Waals surface area contributed by atoms with Crippen LogP contribution in [-0.2, 0) is 6.54 Å². The molecular weight excluding hydrogens is 340 g/mol. The number of benzene rings is 1. The van der Waals surface area contributed by atoms with E-state index in [-0.39, 0.29) is 0 Å². The van der Waals surface area contributed by atoms with Gasteiger partial charge in [-0.15, -0.1) is 0 Å². The fourth-order valence-electron chi connectivity index (χ4n) is 2.56. The van der Waals surface area contributed by atoms with Gasteiger partial charge >= 0.3 is 0 Å². The molecule has 2 aromatic rings. The predicted molar refractivity (Wildman–Crippen MR) is 93.6 cm³/mol. The number of H-pyrrole nitrogens is 1. The summed E-state index contributed by atoms with van der Waals surface area (Å²) in [4.78, 5) is 3.21. The van der Waals surface area contributed by atoms with E-state index in [0.29, 0.717) is 18.8 Å². The van der Waals surface area contributed by atoms with Crippen molar-refractivity contribution in [1.82, 2.24) is 10.3 Å². The van der Waals surface area contributed by atoms with Gasteiger partial charge in [0.25, 0.3) is 0 Å². The lowest BCUT2D eigenvalue weighted by Gasteiger charge is -2.13. The monoisotopic (exact) mass is 360 g/mol. The first-order valence-electron chi connectivity index (χ1n) is 7.29. The second-order valence-electron chi connectivity index (χ2n) is 5.42. The van der Waals surface area contributed by atoms with Crippen LogP contribution < -0.4 is 11.1 Å². The molecule has 1 aromatic heterocycles. The molecule has 0 aliphatic heterocycles. The average Bonchev–Trinajstić information content (AvgIpc) is 2.82. The molecule has 22 heavy (non-hydrogen) atoms. The van der Waals surface area contributed by atoms with Crippen LogP contribution in [-0.4, -0.2) is 18.1 Å². The minimum Gasteiger partial charge on any atom is -0.348 e. The van der Waals surface area contributed by atoms with Gasteiger partial charge in [-0.3, -0.25) is 0 Å². The Morgan fingerprint density at radius 3 is 2.64 bits per heavy atom.